The van der Waals surface area contributed by atoms with Gasteiger partial charge in [0.25, 0.3) is 5.91 Å². The lowest BCUT2D eigenvalue weighted by Crippen LogP contribution is -2.36. The van der Waals surface area contributed by atoms with E-state index < -0.39 is 6.10 Å². The highest BCUT2D eigenvalue weighted by atomic mass is 16.5. The van der Waals surface area contributed by atoms with E-state index >= 15 is 0 Å². The van der Waals surface area contributed by atoms with Crippen molar-refractivity contribution in [2.75, 3.05) is 0 Å². The van der Waals surface area contributed by atoms with Crippen molar-refractivity contribution in [2.24, 2.45) is 0 Å². The minimum atomic E-state index is -0.577. The van der Waals surface area contributed by atoms with Crippen LogP contribution in [0.1, 0.15) is 50.9 Å². The number of benzene rings is 1. The molecule has 1 heterocycles. The average molecular weight is 329 g/mol. The minimum Gasteiger partial charge on any atom is -0.481 e. The number of tetrazole rings is 1. The maximum atomic E-state index is 12.2. The minimum absolute atomic E-state index is 0.183. The summed E-state index contributed by atoms with van der Waals surface area (Å²) in [6.07, 6.45) is 5.31. The van der Waals surface area contributed by atoms with Crippen LogP contribution in [0, 0.1) is 0 Å². The van der Waals surface area contributed by atoms with Crippen LogP contribution in [0.25, 0.3) is 0 Å². The van der Waals surface area contributed by atoms with Crippen molar-refractivity contribution in [1.82, 2.24) is 25.5 Å². The summed E-state index contributed by atoms with van der Waals surface area (Å²) >= 11 is 0. The maximum Gasteiger partial charge on any atom is 0.261 e. The van der Waals surface area contributed by atoms with Gasteiger partial charge in [-0.3, -0.25) is 4.79 Å². The summed E-state index contributed by atoms with van der Waals surface area (Å²) in [7, 11) is 0. The van der Waals surface area contributed by atoms with Gasteiger partial charge >= 0.3 is 0 Å². The number of nitrogens with zero attached hydrogens (tertiary/aromatic N) is 4. The molecule has 1 unspecified atom stereocenters. The first-order valence-electron chi connectivity index (χ1n) is 8.50. The Hall–Kier alpha value is -2.44. The molecule has 0 saturated heterocycles. The van der Waals surface area contributed by atoms with E-state index in [1.807, 2.05) is 35.0 Å². The number of para-hydroxylation sites is 1. The van der Waals surface area contributed by atoms with Gasteiger partial charge in [0.05, 0.1) is 12.6 Å². The summed E-state index contributed by atoms with van der Waals surface area (Å²) in [5.41, 5.74) is 0. The molecule has 0 radical (unpaired) electrons. The van der Waals surface area contributed by atoms with Gasteiger partial charge in [0.2, 0.25) is 0 Å². The highest BCUT2D eigenvalue weighted by molar-refractivity contribution is 5.80. The van der Waals surface area contributed by atoms with Crippen LogP contribution in [-0.4, -0.2) is 32.2 Å². The van der Waals surface area contributed by atoms with Crippen molar-refractivity contribution >= 4 is 5.91 Å². The second-order valence-electron chi connectivity index (χ2n) is 6.12. The summed E-state index contributed by atoms with van der Waals surface area (Å²) < 4.78 is 7.49. The number of ether oxygens (including phenoxy) is 1. The monoisotopic (exact) mass is 329 g/mol. The Morgan fingerprint density at radius 1 is 1.29 bits per heavy atom. The molecule has 2 aromatic rings. The number of rotatable bonds is 6. The third kappa shape index (κ3) is 4.10. The Bertz CT molecular complexity index is 652. The highest BCUT2D eigenvalue weighted by Gasteiger charge is 2.21. The molecule has 1 amide bonds. The van der Waals surface area contributed by atoms with Crippen molar-refractivity contribution in [3.63, 3.8) is 0 Å². The van der Waals surface area contributed by atoms with E-state index in [0.29, 0.717) is 24.2 Å². The summed E-state index contributed by atoms with van der Waals surface area (Å²) in [5.74, 6) is 1.19. The topological polar surface area (TPSA) is 81.9 Å². The predicted octanol–water partition coefficient (Wildman–Crippen LogP) is 2.26. The summed E-state index contributed by atoms with van der Waals surface area (Å²) in [6.45, 7) is 2.04. The van der Waals surface area contributed by atoms with Crippen LogP contribution in [0.15, 0.2) is 30.3 Å². The van der Waals surface area contributed by atoms with Gasteiger partial charge in [-0.1, -0.05) is 37.5 Å². The number of hydrogen-bond donors (Lipinski definition) is 1. The van der Waals surface area contributed by atoms with E-state index in [0.717, 1.165) is 12.8 Å². The molecule has 3 rings (SSSR count). The predicted molar refractivity (Wildman–Crippen MR) is 88.3 cm³/mol. The molecule has 24 heavy (non-hydrogen) atoms. The van der Waals surface area contributed by atoms with Gasteiger partial charge in [-0.25, -0.2) is 4.68 Å². The third-order valence-corrected chi connectivity index (χ3v) is 4.33. The molecule has 1 fully saturated rings. The van der Waals surface area contributed by atoms with Crippen LogP contribution < -0.4 is 10.1 Å². The largest absolute Gasteiger partial charge is 0.481 e. The molecule has 128 valence electrons. The van der Waals surface area contributed by atoms with Crippen LogP contribution in [0.2, 0.25) is 0 Å². The van der Waals surface area contributed by atoms with E-state index in [9.17, 15) is 4.79 Å². The number of amides is 1. The first-order valence-corrected chi connectivity index (χ1v) is 8.50. The van der Waals surface area contributed by atoms with Crippen molar-refractivity contribution in [1.29, 1.82) is 0 Å². The van der Waals surface area contributed by atoms with Crippen LogP contribution in [0.5, 0.6) is 5.75 Å². The lowest BCUT2D eigenvalue weighted by atomic mass is 9.95. The number of hydrogen-bond acceptors (Lipinski definition) is 5. The maximum absolute atomic E-state index is 12.2. The van der Waals surface area contributed by atoms with Gasteiger partial charge in [0.15, 0.2) is 11.9 Å². The fraction of sp³-hybridized carbons (Fsp3) is 0.529. The van der Waals surface area contributed by atoms with E-state index in [1.165, 1.54) is 19.3 Å². The lowest BCUT2D eigenvalue weighted by Gasteiger charge is -2.22. The molecule has 7 heteroatoms. The molecule has 1 atom stereocenters. The summed E-state index contributed by atoms with van der Waals surface area (Å²) in [4.78, 5) is 12.2. The number of carbonyl (C=O) groups is 1. The van der Waals surface area contributed by atoms with Crippen molar-refractivity contribution in [3.05, 3.63) is 36.2 Å². The van der Waals surface area contributed by atoms with Crippen LogP contribution in [0.4, 0.5) is 0 Å². The highest BCUT2D eigenvalue weighted by Crippen LogP contribution is 2.27. The molecule has 1 N–H and O–H groups in total. The molecule has 0 aliphatic heterocycles. The van der Waals surface area contributed by atoms with Gasteiger partial charge in [0, 0.05) is 0 Å². The standard InChI is InChI=1S/C17H23N5O2/c1-13(24-15-10-6-3-7-11-15)17(23)18-12-16-19-20-21-22(16)14-8-4-2-5-9-14/h3,6-7,10-11,13-14H,2,4-5,8-9,12H2,1H3,(H,18,23). The van der Waals surface area contributed by atoms with Crippen LogP contribution in [0.3, 0.4) is 0 Å². The Morgan fingerprint density at radius 2 is 2.04 bits per heavy atom. The van der Waals surface area contributed by atoms with Crippen molar-refractivity contribution < 1.29 is 9.53 Å². The fourth-order valence-corrected chi connectivity index (χ4v) is 3.00. The Kier molecular flexibility index (Phi) is 5.40. The zero-order valence-electron chi connectivity index (χ0n) is 13.9. The fourth-order valence-electron chi connectivity index (χ4n) is 3.00. The Balaban J connectivity index is 1.54. The third-order valence-electron chi connectivity index (χ3n) is 4.33. The van der Waals surface area contributed by atoms with Crippen molar-refractivity contribution in [3.8, 4) is 5.75 Å². The number of aromatic nitrogens is 4. The van der Waals surface area contributed by atoms with Crippen molar-refractivity contribution in [2.45, 2.75) is 57.7 Å². The van der Waals surface area contributed by atoms with Gasteiger partial charge in [-0.15, -0.1) is 5.10 Å². The molecule has 0 spiro atoms. The normalized spacial score (nSPS) is 16.5. The molecule has 1 aliphatic rings. The Morgan fingerprint density at radius 3 is 2.79 bits per heavy atom. The van der Waals surface area contributed by atoms with E-state index in [2.05, 4.69) is 20.8 Å². The van der Waals surface area contributed by atoms with E-state index in [4.69, 9.17) is 4.74 Å². The summed E-state index contributed by atoms with van der Waals surface area (Å²) in [5, 5.41) is 14.8. The molecule has 7 nitrogen and oxygen atoms in total. The first-order chi connectivity index (χ1) is 11.7. The molecular formula is C17H23N5O2. The van der Waals surface area contributed by atoms with Crippen LogP contribution in [-0.2, 0) is 11.3 Å². The number of carbonyl (C=O) groups excluding carboxylic acids is 1. The molecular weight excluding hydrogens is 306 g/mol. The second kappa shape index (κ2) is 7.90. The molecule has 1 saturated carbocycles. The quantitative estimate of drug-likeness (QED) is 0.879. The molecule has 1 aromatic heterocycles. The smallest absolute Gasteiger partial charge is 0.261 e. The second-order valence-corrected chi connectivity index (χ2v) is 6.12. The molecule has 0 bridgehead atoms. The zero-order chi connectivity index (χ0) is 16.8. The lowest BCUT2D eigenvalue weighted by molar-refractivity contribution is -0.127. The molecule has 1 aliphatic carbocycles. The zero-order valence-corrected chi connectivity index (χ0v) is 13.9. The van der Waals surface area contributed by atoms with Gasteiger partial charge in [-0.2, -0.15) is 0 Å². The van der Waals surface area contributed by atoms with E-state index in [1.54, 1.807) is 6.92 Å². The van der Waals surface area contributed by atoms with Gasteiger partial charge in [-0.05, 0) is 42.3 Å². The Labute approximate surface area is 141 Å². The average Bonchev–Trinajstić information content (AvgIpc) is 3.10. The molecule has 1 aromatic carbocycles. The SMILES string of the molecule is CC(Oc1ccccc1)C(=O)NCc1nnnn1C1CCCCC1. The summed E-state index contributed by atoms with van der Waals surface area (Å²) in [6, 6.07) is 9.65. The van der Waals surface area contributed by atoms with Crippen LogP contribution >= 0.6 is 0 Å². The van der Waals surface area contributed by atoms with Gasteiger partial charge in [0.1, 0.15) is 5.75 Å². The van der Waals surface area contributed by atoms with Gasteiger partial charge < -0.3 is 10.1 Å². The number of nitrogens with one attached hydrogen (secondary N) is 1. The first kappa shape index (κ1) is 16.4. The van der Waals surface area contributed by atoms with E-state index in [-0.39, 0.29) is 5.91 Å².